The first kappa shape index (κ1) is 12.3. The Hall–Kier alpha value is -0.810. The van der Waals surface area contributed by atoms with Gasteiger partial charge in [0.15, 0.2) is 0 Å². The number of rotatable bonds is 3. The Morgan fingerprint density at radius 2 is 2.13 bits per heavy atom. The second-order valence-electron chi connectivity index (χ2n) is 4.09. The summed E-state index contributed by atoms with van der Waals surface area (Å²) in [6.45, 7) is 2.71. The van der Waals surface area contributed by atoms with Crippen LogP contribution in [-0.4, -0.2) is 60.8 Å². The van der Waals surface area contributed by atoms with E-state index in [0.29, 0.717) is 19.0 Å². The van der Waals surface area contributed by atoms with Gasteiger partial charge in [-0.1, -0.05) is 0 Å². The van der Waals surface area contributed by atoms with Gasteiger partial charge in [0.2, 0.25) is 0 Å². The first-order valence-corrected chi connectivity index (χ1v) is 5.50. The summed E-state index contributed by atoms with van der Waals surface area (Å²) in [5.74, 6) is 0.567. The van der Waals surface area contributed by atoms with E-state index in [-0.39, 0.29) is 12.6 Å². The third kappa shape index (κ3) is 3.35. The van der Waals surface area contributed by atoms with Gasteiger partial charge in [0.05, 0.1) is 6.61 Å². The highest BCUT2D eigenvalue weighted by Gasteiger charge is 2.23. The smallest absolute Gasteiger partial charge is 0.319 e. The molecule has 5 nitrogen and oxygen atoms in total. The molecule has 1 aliphatic heterocycles. The number of aliphatic hydroxyl groups excluding tert-OH is 1. The van der Waals surface area contributed by atoms with Gasteiger partial charge < -0.3 is 20.6 Å². The minimum Gasteiger partial charge on any atom is -0.395 e. The van der Waals surface area contributed by atoms with Crippen molar-refractivity contribution in [1.82, 2.24) is 9.80 Å². The molecule has 3 N–H and O–H groups in total. The third-order valence-electron chi connectivity index (χ3n) is 2.98. The van der Waals surface area contributed by atoms with Crippen LogP contribution in [0.4, 0.5) is 4.79 Å². The molecular weight excluding hydrogens is 194 g/mol. The van der Waals surface area contributed by atoms with Crippen molar-refractivity contribution in [3.63, 3.8) is 0 Å². The summed E-state index contributed by atoms with van der Waals surface area (Å²) in [6, 6.07) is 0.0134. The van der Waals surface area contributed by atoms with Crippen LogP contribution >= 0.6 is 0 Å². The van der Waals surface area contributed by atoms with Crippen LogP contribution in [0.1, 0.15) is 12.8 Å². The summed E-state index contributed by atoms with van der Waals surface area (Å²) in [5.41, 5.74) is 5.59. The maximum absolute atomic E-state index is 11.8. The number of likely N-dealkylation sites (tertiary alicyclic amines) is 1. The molecule has 15 heavy (non-hydrogen) atoms. The lowest BCUT2D eigenvalue weighted by atomic mass is 9.97. The highest BCUT2D eigenvalue weighted by molar-refractivity contribution is 5.74. The fourth-order valence-corrected chi connectivity index (χ4v) is 1.85. The van der Waals surface area contributed by atoms with Crippen LogP contribution in [-0.2, 0) is 0 Å². The fourth-order valence-electron chi connectivity index (χ4n) is 1.85. The molecule has 0 saturated carbocycles. The lowest BCUT2D eigenvalue weighted by molar-refractivity contribution is 0.133. The molecule has 1 saturated heterocycles. The molecule has 1 rings (SSSR count). The van der Waals surface area contributed by atoms with E-state index in [4.69, 9.17) is 10.8 Å². The van der Waals surface area contributed by atoms with E-state index in [1.807, 2.05) is 4.90 Å². The number of aliphatic hydroxyl groups is 1. The molecule has 0 radical (unpaired) electrons. The number of likely N-dealkylation sites (N-methyl/N-ethyl adjacent to an activating group) is 1. The van der Waals surface area contributed by atoms with Gasteiger partial charge in [-0.3, -0.25) is 0 Å². The number of piperidine rings is 1. The number of carbonyl (C=O) groups is 1. The number of nitrogens with zero attached hydrogens (tertiary/aromatic N) is 2. The van der Waals surface area contributed by atoms with Gasteiger partial charge in [-0.2, -0.15) is 0 Å². The lowest BCUT2D eigenvalue weighted by Crippen LogP contribution is -2.46. The Bertz CT molecular complexity index is 203. The number of urea groups is 1. The molecule has 2 amide bonds. The second kappa shape index (κ2) is 5.92. The molecule has 0 unspecified atom stereocenters. The Labute approximate surface area is 90.8 Å². The van der Waals surface area contributed by atoms with Crippen LogP contribution in [0.25, 0.3) is 0 Å². The van der Waals surface area contributed by atoms with Crippen LogP contribution in [0.2, 0.25) is 0 Å². The van der Waals surface area contributed by atoms with Crippen molar-refractivity contribution in [2.24, 2.45) is 11.7 Å². The third-order valence-corrected chi connectivity index (χ3v) is 2.98. The Morgan fingerprint density at radius 1 is 1.53 bits per heavy atom. The van der Waals surface area contributed by atoms with Crippen LogP contribution in [0, 0.1) is 5.92 Å². The molecule has 0 aromatic carbocycles. The average Bonchev–Trinajstić information content (AvgIpc) is 2.28. The molecule has 88 valence electrons. The van der Waals surface area contributed by atoms with Crippen LogP contribution in [0.5, 0.6) is 0 Å². The molecular formula is C10H21N3O2. The SMILES string of the molecule is CN(CCO)C(=O)N1CCC(CN)CC1. The molecule has 0 aromatic rings. The van der Waals surface area contributed by atoms with Crippen molar-refractivity contribution in [2.45, 2.75) is 12.8 Å². The summed E-state index contributed by atoms with van der Waals surface area (Å²) in [7, 11) is 1.72. The van der Waals surface area contributed by atoms with E-state index < -0.39 is 0 Å². The van der Waals surface area contributed by atoms with E-state index in [0.717, 1.165) is 25.9 Å². The maximum atomic E-state index is 11.8. The fraction of sp³-hybridized carbons (Fsp3) is 0.900. The summed E-state index contributed by atoms with van der Waals surface area (Å²) >= 11 is 0. The molecule has 1 fully saturated rings. The van der Waals surface area contributed by atoms with Crippen LogP contribution in [0.15, 0.2) is 0 Å². The quantitative estimate of drug-likeness (QED) is 0.679. The summed E-state index contributed by atoms with van der Waals surface area (Å²) in [6.07, 6.45) is 1.99. The van der Waals surface area contributed by atoms with E-state index >= 15 is 0 Å². The van der Waals surface area contributed by atoms with Crippen molar-refractivity contribution >= 4 is 6.03 Å². The molecule has 5 heteroatoms. The van der Waals surface area contributed by atoms with Gasteiger partial charge in [-0.15, -0.1) is 0 Å². The number of hydrogen-bond donors (Lipinski definition) is 2. The van der Waals surface area contributed by atoms with Gasteiger partial charge in [-0.25, -0.2) is 4.79 Å². The molecule has 0 atom stereocenters. The Balaban J connectivity index is 2.35. The van der Waals surface area contributed by atoms with Crippen molar-refractivity contribution < 1.29 is 9.90 Å². The summed E-state index contributed by atoms with van der Waals surface area (Å²) in [4.78, 5) is 15.2. The van der Waals surface area contributed by atoms with Crippen molar-refractivity contribution in [3.8, 4) is 0 Å². The Kier molecular flexibility index (Phi) is 4.84. The number of amides is 2. The molecule has 0 aliphatic carbocycles. The van der Waals surface area contributed by atoms with Gasteiger partial charge in [-0.05, 0) is 25.3 Å². The highest BCUT2D eigenvalue weighted by atomic mass is 16.3. The second-order valence-corrected chi connectivity index (χ2v) is 4.09. The zero-order chi connectivity index (χ0) is 11.3. The van der Waals surface area contributed by atoms with E-state index in [2.05, 4.69) is 0 Å². The normalized spacial score (nSPS) is 17.9. The van der Waals surface area contributed by atoms with E-state index in [1.165, 1.54) is 0 Å². The largest absolute Gasteiger partial charge is 0.395 e. The molecule has 0 spiro atoms. The molecule has 0 bridgehead atoms. The number of carbonyl (C=O) groups excluding carboxylic acids is 1. The average molecular weight is 215 g/mol. The first-order valence-electron chi connectivity index (χ1n) is 5.50. The Morgan fingerprint density at radius 3 is 2.60 bits per heavy atom. The lowest BCUT2D eigenvalue weighted by Gasteiger charge is -2.34. The highest BCUT2D eigenvalue weighted by Crippen LogP contribution is 2.16. The number of nitrogens with two attached hydrogens (primary N) is 1. The predicted octanol–water partition coefficient (Wildman–Crippen LogP) is -0.299. The van der Waals surface area contributed by atoms with Crippen LogP contribution in [0.3, 0.4) is 0 Å². The standard InChI is InChI=1S/C10H21N3O2/c1-12(6-7-14)10(15)13-4-2-9(8-11)3-5-13/h9,14H,2-8,11H2,1H3. The number of hydrogen-bond acceptors (Lipinski definition) is 3. The minimum atomic E-state index is 0.0134. The molecule has 1 aliphatic rings. The van der Waals surface area contributed by atoms with Gasteiger partial charge in [0.25, 0.3) is 0 Å². The van der Waals surface area contributed by atoms with Gasteiger partial charge >= 0.3 is 6.03 Å². The maximum Gasteiger partial charge on any atom is 0.319 e. The van der Waals surface area contributed by atoms with Crippen molar-refractivity contribution in [1.29, 1.82) is 0 Å². The predicted molar refractivity (Wildman–Crippen MR) is 58.5 cm³/mol. The van der Waals surface area contributed by atoms with E-state index in [9.17, 15) is 4.79 Å². The van der Waals surface area contributed by atoms with Crippen LogP contribution < -0.4 is 5.73 Å². The van der Waals surface area contributed by atoms with Crippen molar-refractivity contribution in [2.75, 3.05) is 39.8 Å². The topological polar surface area (TPSA) is 69.8 Å². The monoisotopic (exact) mass is 215 g/mol. The zero-order valence-electron chi connectivity index (χ0n) is 9.35. The first-order chi connectivity index (χ1) is 7.19. The minimum absolute atomic E-state index is 0.0134. The van der Waals surface area contributed by atoms with Gasteiger partial charge in [0, 0.05) is 26.7 Å². The van der Waals surface area contributed by atoms with E-state index in [1.54, 1.807) is 11.9 Å². The van der Waals surface area contributed by atoms with Gasteiger partial charge in [0.1, 0.15) is 0 Å². The summed E-state index contributed by atoms with van der Waals surface area (Å²) in [5, 5.41) is 8.74. The molecule has 0 aromatic heterocycles. The van der Waals surface area contributed by atoms with Crippen molar-refractivity contribution in [3.05, 3.63) is 0 Å². The molecule has 1 heterocycles. The zero-order valence-corrected chi connectivity index (χ0v) is 9.35. The summed E-state index contributed by atoms with van der Waals surface area (Å²) < 4.78 is 0.